The zero-order valence-corrected chi connectivity index (χ0v) is 14.1. The topological polar surface area (TPSA) is 80.5 Å². The summed E-state index contributed by atoms with van der Waals surface area (Å²) in [4.78, 5) is 37.9. The minimum absolute atomic E-state index is 0.0262. The van der Waals surface area contributed by atoms with Crippen molar-refractivity contribution in [1.29, 1.82) is 0 Å². The maximum atomic E-state index is 13.1. The molecule has 4 atom stereocenters. The van der Waals surface area contributed by atoms with E-state index in [4.69, 9.17) is 0 Å². The number of nitro benzene ring substituents is 1. The van der Waals surface area contributed by atoms with Gasteiger partial charge < -0.3 is 0 Å². The predicted octanol–water partition coefficient (Wildman–Crippen LogP) is 3.39. The van der Waals surface area contributed by atoms with E-state index in [-0.39, 0.29) is 41.2 Å². The van der Waals surface area contributed by atoms with E-state index >= 15 is 0 Å². The molecule has 0 aromatic heterocycles. The van der Waals surface area contributed by atoms with Crippen molar-refractivity contribution in [2.24, 2.45) is 23.7 Å². The first-order valence-corrected chi connectivity index (χ1v) is 9.10. The van der Waals surface area contributed by atoms with E-state index in [2.05, 4.69) is 12.2 Å². The first kappa shape index (κ1) is 15.5. The highest BCUT2D eigenvalue weighted by Gasteiger charge is 2.62. The number of hydrogen-bond donors (Lipinski definition) is 0. The number of benzene rings is 1. The number of carbonyl (C=O) groups excluding carboxylic acids is 2. The van der Waals surface area contributed by atoms with Crippen molar-refractivity contribution >= 4 is 23.2 Å². The van der Waals surface area contributed by atoms with Crippen LogP contribution < -0.4 is 4.90 Å². The SMILES string of the molecule is O=C1[C@H]2[C@H](C(=O)N1c1cccc([N+](=O)[O-])c1)[C@H]1C=C[C@@H]2C1=C1CCCC1. The maximum Gasteiger partial charge on any atom is 0.271 e. The van der Waals surface area contributed by atoms with Crippen molar-refractivity contribution in [3.63, 3.8) is 0 Å². The number of allylic oxidation sites excluding steroid dienone is 4. The number of non-ortho nitro benzene ring substituents is 1. The van der Waals surface area contributed by atoms with Gasteiger partial charge in [0.25, 0.3) is 5.69 Å². The molecule has 6 nitrogen and oxygen atoms in total. The summed E-state index contributed by atoms with van der Waals surface area (Å²) in [6, 6.07) is 5.78. The van der Waals surface area contributed by atoms with Crippen molar-refractivity contribution in [2.45, 2.75) is 25.7 Å². The van der Waals surface area contributed by atoms with Crippen LogP contribution >= 0.6 is 0 Å². The molecular formula is C20H18N2O4. The predicted molar refractivity (Wildman–Crippen MR) is 94.2 cm³/mol. The van der Waals surface area contributed by atoms with E-state index in [1.807, 2.05) is 0 Å². The normalized spacial score (nSPS) is 32.1. The Morgan fingerprint density at radius 1 is 1.00 bits per heavy atom. The van der Waals surface area contributed by atoms with Crippen molar-refractivity contribution in [3.8, 4) is 0 Å². The molecule has 0 radical (unpaired) electrons. The molecule has 26 heavy (non-hydrogen) atoms. The van der Waals surface area contributed by atoms with Crippen molar-refractivity contribution in [2.75, 3.05) is 4.90 Å². The summed E-state index contributed by atoms with van der Waals surface area (Å²) in [6.45, 7) is 0. The van der Waals surface area contributed by atoms with Crippen LogP contribution in [0.2, 0.25) is 0 Å². The fraction of sp³-hybridized carbons (Fsp3) is 0.400. The second-order valence-corrected chi connectivity index (χ2v) is 7.54. The van der Waals surface area contributed by atoms with Crippen LogP contribution in [0.1, 0.15) is 25.7 Å². The van der Waals surface area contributed by atoms with Crippen LogP contribution in [-0.2, 0) is 9.59 Å². The smallest absolute Gasteiger partial charge is 0.271 e. The Morgan fingerprint density at radius 2 is 1.62 bits per heavy atom. The van der Waals surface area contributed by atoms with Crippen LogP contribution in [0.4, 0.5) is 11.4 Å². The molecule has 1 aliphatic heterocycles. The molecule has 1 saturated heterocycles. The molecule has 0 spiro atoms. The second-order valence-electron chi connectivity index (χ2n) is 7.54. The number of fused-ring (bicyclic) bond motifs is 5. The zero-order chi connectivity index (χ0) is 18.0. The third-order valence-electron chi connectivity index (χ3n) is 6.33. The van der Waals surface area contributed by atoms with Gasteiger partial charge in [-0.1, -0.05) is 29.4 Å². The molecule has 3 fully saturated rings. The first-order valence-electron chi connectivity index (χ1n) is 9.10. The van der Waals surface area contributed by atoms with Crippen LogP contribution in [0.15, 0.2) is 47.6 Å². The van der Waals surface area contributed by atoms with E-state index in [0.717, 1.165) is 12.8 Å². The Morgan fingerprint density at radius 3 is 2.19 bits per heavy atom. The minimum Gasteiger partial charge on any atom is -0.274 e. The maximum absolute atomic E-state index is 13.1. The van der Waals surface area contributed by atoms with Gasteiger partial charge in [-0.25, -0.2) is 4.90 Å². The number of imide groups is 1. The number of nitro groups is 1. The molecule has 132 valence electrons. The van der Waals surface area contributed by atoms with Gasteiger partial charge in [0.15, 0.2) is 0 Å². The van der Waals surface area contributed by atoms with Crippen LogP contribution in [0.3, 0.4) is 0 Å². The van der Waals surface area contributed by atoms with Crippen molar-refractivity contribution in [1.82, 2.24) is 0 Å². The summed E-state index contributed by atoms with van der Waals surface area (Å²) in [5, 5.41) is 11.0. The zero-order valence-electron chi connectivity index (χ0n) is 14.1. The highest BCUT2D eigenvalue weighted by molar-refractivity contribution is 6.23. The van der Waals surface area contributed by atoms with E-state index in [1.54, 1.807) is 6.07 Å². The third-order valence-corrected chi connectivity index (χ3v) is 6.33. The molecule has 1 aromatic rings. The van der Waals surface area contributed by atoms with Gasteiger partial charge in [0, 0.05) is 24.0 Å². The van der Waals surface area contributed by atoms with E-state index in [1.165, 1.54) is 47.1 Å². The molecule has 1 aromatic carbocycles. The number of nitrogens with zero attached hydrogens (tertiary/aromatic N) is 2. The lowest BCUT2D eigenvalue weighted by Crippen LogP contribution is -2.33. The van der Waals surface area contributed by atoms with E-state index in [0.29, 0.717) is 5.69 Å². The van der Waals surface area contributed by atoms with E-state index in [9.17, 15) is 19.7 Å². The summed E-state index contributed by atoms with van der Waals surface area (Å²) in [6.07, 6.45) is 8.73. The molecule has 2 saturated carbocycles. The number of amides is 2. The number of anilines is 1. The number of carbonyl (C=O) groups is 2. The Hall–Kier alpha value is -2.76. The minimum atomic E-state index is -0.511. The lowest BCUT2D eigenvalue weighted by molar-refractivity contribution is -0.384. The average molecular weight is 350 g/mol. The Kier molecular flexibility index (Phi) is 3.20. The molecule has 4 aliphatic rings. The quantitative estimate of drug-likeness (QED) is 0.354. The van der Waals surface area contributed by atoms with Gasteiger partial charge in [-0.3, -0.25) is 19.7 Å². The first-order chi connectivity index (χ1) is 12.6. The van der Waals surface area contributed by atoms with Gasteiger partial charge in [0.1, 0.15) is 0 Å². The molecular weight excluding hydrogens is 332 g/mol. The Bertz CT molecular complexity index is 874. The summed E-state index contributed by atoms with van der Waals surface area (Å²) in [7, 11) is 0. The van der Waals surface area contributed by atoms with Gasteiger partial charge in [-0.2, -0.15) is 0 Å². The van der Waals surface area contributed by atoms with Gasteiger partial charge in [0.05, 0.1) is 22.4 Å². The fourth-order valence-corrected chi connectivity index (χ4v) is 5.33. The van der Waals surface area contributed by atoms with Crippen molar-refractivity contribution in [3.05, 3.63) is 57.7 Å². The standard InChI is InChI=1S/C20H18N2O4/c23-19-17-14-8-9-15(16(14)11-4-1-2-5-11)18(17)20(24)21(19)12-6-3-7-13(10-12)22(25)26/h3,6-10,14-15,17-18H,1-2,4-5H2/t14-,15+,17-,18-/m1/s1. The molecule has 3 aliphatic carbocycles. The van der Waals surface area contributed by atoms with Crippen molar-refractivity contribution < 1.29 is 14.5 Å². The van der Waals surface area contributed by atoms with Gasteiger partial charge in [0.2, 0.25) is 11.8 Å². The van der Waals surface area contributed by atoms with Crippen LogP contribution in [0, 0.1) is 33.8 Å². The molecule has 0 unspecified atom stereocenters. The summed E-state index contributed by atoms with van der Waals surface area (Å²) in [5.74, 6) is -1.07. The molecule has 6 heteroatoms. The fourth-order valence-electron chi connectivity index (χ4n) is 5.33. The highest BCUT2D eigenvalue weighted by Crippen LogP contribution is 2.58. The average Bonchev–Trinajstić information content (AvgIpc) is 3.38. The molecule has 0 N–H and O–H groups in total. The largest absolute Gasteiger partial charge is 0.274 e. The summed E-state index contributed by atoms with van der Waals surface area (Å²) in [5.41, 5.74) is 2.95. The molecule has 2 bridgehead atoms. The Balaban J connectivity index is 1.54. The number of hydrogen-bond acceptors (Lipinski definition) is 4. The van der Waals surface area contributed by atoms with Gasteiger partial charge in [-0.05, 0) is 31.7 Å². The van der Waals surface area contributed by atoms with E-state index < -0.39 is 4.92 Å². The second kappa shape index (κ2) is 5.37. The highest BCUT2D eigenvalue weighted by atomic mass is 16.6. The van der Waals surface area contributed by atoms with Gasteiger partial charge in [-0.15, -0.1) is 0 Å². The number of rotatable bonds is 2. The third kappa shape index (κ3) is 1.92. The Labute approximate surface area is 150 Å². The molecule has 2 amide bonds. The summed E-state index contributed by atoms with van der Waals surface area (Å²) >= 11 is 0. The lowest BCUT2D eigenvalue weighted by Gasteiger charge is -2.19. The lowest BCUT2D eigenvalue weighted by atomic mass is 9.85. The van der Waals surface area contributed by atoms with Crippen LogP contribution in [-0.4, -0.2) is 16.7 Å². The molecule has 5 rings (SSSR count). The summed E-state index contributed by atoms with van der Waals surface area (Å²) < 4.78 is 0. The van der Waals surface area contributed by atoms with Crippen LogP contribution in [0.25, 0.3) is 0 Å². The van der Waals surface area contributed by atoms with Crippen LogP contribution in [0.5, 0.6) is 0 Å². The monoisotopic (exact) mass is 350 g/mol. The molecule has 1 heterocycles. The van der Waals surface area contributed by atoms with Gasteiger partial charge >= 0.3 is 0 Å².